The van der Waals surface area contributed by atoms with Gasteiger partial charge in [0.25, 0.3) is 0 Å². The zero-order chi connectivity index (χ0) is 16.2. The molecule has 1 aromatic carbocycles. The molecule has 0 aromatic heterocycles. The second-order valence-corrected chi connectivity index (χ2v) is 7.09. The largest absolute Gasteiger partial charge is 0.392 e. The fourth-order valence-electron chi connectivity index (χ4n) is 2.79. The molecule has 5 nitrogen and oxygen atoms in total. The van der Waals surface area contributed by atoms with Gasteiger partial charge in [-0.3, -0.25) is 9.59 Å². The molecular weight excluding hydrogens is 314 g/mol. The molecule has 0 radical (unpaired) electrons. The molecule has 6 heteroatoms. The second-order valence-electron chi connectivity index (χ2n) is 5.88. The van der Waals surface area contributed by atoms with Crippen molar-refractivity contribution in [3.63, 3.8) is 0 Å². The summed E-state index contributed by atoms with van der Waals surface area (Å²) in [5.74, 6) is -1.34. The average molecular weight is 333 g/mol. The second kappa shape index (κ2) is 7.27. The molecule has 3 atom stereocenters. The summed E-state index contributed by atoms with van der Waals surface area (Å²) in [5.41, 5.74) is 0.628. The van der Waals surface area contributed by atoms with E-state index < -0.39 is 11.9 Å². The number of rotatable bonds is 4. The lowest BCUT2D eigenvalue weighted by atomic mass is 9.85. The third-order valence-electron chi connectivity index (χ3n) is 4.33. The summed E-state index contributed by atoms with van der Waals surface area (Å²) in [6.07, 6.45) is 3.09. The summed E-state index contributed by atoms with van der Waals surface area (Å²) >= 11 is 1.17. The summed E-state index contributed by atoms with van der Waals surface area (Å²) in [6, 6.07) is 8.64. The number of hydrogen-bond donors (Lipinski definition) is 1. The Morgan fingerprint density at radius 1 is 1.04 bits per heavy atom. The molecule has 1 aliphatic heterocycles. The average Bonchev–Trinajstić information content (AvgIpc) is 3.06. The number of benzene rings is 1. The van der Waals surface area contributed by atoms with E-state index in [0.717, 1.165) is 19.4 Å². The van der Waals surface area contributed by atoms with Gasteiger partial charge in [-0.25, -0.2) is 4.79 Å². The predicted molar refractivity (Wildman–Crippen MR) is 87.0 cm³/mol. The molecule has 23 heavy (non-hydrogen) atoms. The van der Waals surface area contributed by atoms with Crippen molar-refractivity contribution < 1.29 is 19.1 Å². The van der Waals surface area contributed by atoms with Gasteiger partial charge in [-0.1, -0.05) is 42.1 Å². The first-order chi connectivity index (χ1) is 11.1. The first-order valence-corrected chi connectivity index (χ1v) is 8.78. The lowest BCUT2D eigenvalue weighted by Gasteiger charge is -2.33. The minimum absolute atomic E-state index is 0.0445. The zero-order valence-corrected chi connectivity index (χ0v) is 13.5. The quantitative estimate of drug-likeness (QED) is 0.672. The third kappa shape index (κ3) is 3.82. The van der Waals surface area contributed by atoms with E-state index in [-0.39, 0.29) is 22.3 Å². The molecule has 2 fully saturated rings. The maximum atomic E-state index is 12.2. The number of carbonyl (C=O) groups is 3. The van der Waals surface area contributed by atoms with E-state index in [9.17, 15) is 14.4 Å². The van der Waals surface area contributed by atoms with Gasteiger partial charge in [0.15, 0.2) is 0 Å². The molecule has 2 unspecified atom stereocenters. The number of esters is 2. The summed E-state index contributed by atoms with van der Waals surface area (Å²) in [5, 5.41) is 2.87. The van der Waals surface area contributed by atoms with Gasteiger partial charge in [-0.05, 0) is 32.2 Å². The minimum Gasteiger partial charge on any atom is -0.392 e. The van der Waals surface area contributed by atoms with Gasteiger partial charge in [0.2, 0.25) is 5.12 Å². The molecular formula is C17H19NO4S. The van der Waals surface area contributed by atoms with Gasteiger partial charge in [-0.2, -0.15) is 0 Å². The lowest BCUT2D eigenvalue weighted by Crippen LogP contribution is -2.41. The number of ether oxygens (including phenoxy) is 1. The molecule has 1 N–H and O–H groups in total. The molecule has 0 spiro atoms. The van der Waals surface area contributed by atoms with Crippen LogP contribution in [0.15, 0.2) is 30.3 Å². The van der Waals surface area contributed by atoms with Crippen LogP contribution in [0.3, 0.4) is 0 Å². The maximum Gasteiger partial charge on any atom is 0.330 e. The first-order valence-electron chi connectivity index (χ1n) is 7.90. The van der Waals surface area contributed by atoms with Crippen LogP contribution in [0, 0.1) is 5.92 Å². The zero-order valence-electron chi connectivity index (χ0n) is 12.7. The summed E-state index contributed by atoms with van der Waals surface area (Å²) in [7, 11) is 0. The Hall–Kier alpha value is -1.66. The third-order valence-corrected chi connectivity index (χ3v) is 5.64. The van der Waals surface area contributed by atoms with Gasteiger partial charge >= 0.3 is 11.9 Å². The fraction of sp³-hybridized carbons (Fsp3) is 0.471. The Bertz CT molecular complexity index is 598. The highest BCUT2D eigenvalue weighted by atomic mass is 32.2. The smallest absolute Gasteiger partial charge is 0.330 e. The molecule has 1 saturated heterocycles. The minimum atomic E-state index is -0.492. The molecule has 1 saturated carbocycles. The van der Waals surface area contributed by atoms with E-state index in [1.807, 2.05) is 18.2 Å². The Balaban J connectivity index is 1.51. The molecule has 122 valence electrons. The lowest BCUT2D eigenvalue weighted by molar-refractivity contribution is -0.165. The SMILES string of the molecule is O=C(SC1CCC1C(=O)OC(=O)[C@@H]1CCCN1)c1ccccc1. The van der Waals surface area contributed by atoms with Crippen molar-refractivity contribution in [1.29, 1.82) is 0 Å². The van der Waals surface area contributed by atoms with Crippen LogP contribution in [0.4, 0.5) is 0 Å². The fourth-order valence-corrected chi connectivity index (χ4v) is 4.00. The highest BCUT2D eigenvalue weighted by molar-refractivity contribution is 8.14. The molecule has 1 heterocycles. The number of nitrogens with one attached hydrogen (secondary N) is 1. The number of hydrogen-bond acceptors (Lipinski definition) is 6. The summed E-state index contributed by atoms with van der Waals surface area (Å²) < 4.78 is 4.99. The van der Waals surface area contributed by atoms with Gasteiger partial charge in [-0.15, -0.1) is 0 Å². The van der Waals surface area contributed by atoms with Gasteiger partial charge < -0.3 is 10.1 Å². The van der Waals surface area contributed by atoms with Crippen LogP contribution in [0.25, 0.3) is 0 Å². The van der Waals surface area contributed by atoms with Crippen LogP contribution in [0.5, 0.6) is 0 Å². The standard InChI is InChI=1S/C17H19NO4S/c19-15(22-16(20)13-7-4-10-18-13)12-8-9-14(12)23-17(21)11-5-2-1-3-6-11/h1-3,5-6,12-14,18H,4,7-10H2/t12?,13-,14?/m0/s1. The van der Waals surface area contributed by atoms with Crippen LogP contribution in [0.1, 0.15) is 36.0 Å². The Labute approximate surface area is 139 Å². The normalized spacial score (nSPS) is 26.3. The number of carbonyl (C=O) groups excluding carboxylic acids is 3. The topological polar surface area (TPSA) is 72.5 Å². The van der Waals surface area contributed by atoms with E-state index in [0.29, 0.717) is 18.4 Å². The number of thioether (sulfide) groups is 1. The van der Waals surface area contributed by atoms with Gasteiger partial charge in [0.1, 0.15) is 6.04 Å². The molecule has 3 rings (SSSR count). The van der Waals surface area contributed by atoms with Crippen molar-refractivity contribution in [2.24, 2.45) is 5.92 Å². The molecule has 0 bridgehead atoms. The van der Waals surface area contributed by atoms with E-state index in [1.54, 1.807) is 12.1 Å². The van der Waals surface area contributed by atoms with Crippen molar-refractivity contribution in [2.45, 2.75) is 37.0 Å². The van der Waals surface area contributed by atoms with Crippen LogP contribution < -0.4 is 5.32 Å². The first kappa shape index (κ1) is 16.2. The Kier molecular flexibility index (Phi) is 5.13. The monoisotopic (exact) mass is 333 g/mol. The van der Waals surface area contributed by atoms with E-state index >= 15 is 0 Å². The highest BCUT2D eigenvalue weighted by Gasteiger charge is 2.41. The van der Waals surface area contributed by atoms with Crippen LogP contribution in [0.2, 0.25) is 0 Å². The van der Waals surface area contributed by atoms with Crippen molar-refractivity contribution in [1.82, 2.24) is 5.32 Å². The molecule has 0 amide bonds. The summed E-state index contributed by atoms with van der Waals surface area (Å²) in [6.45, 7) is 0.779. The van der Waals surface area contributed by atoms with Crippen molar-refractivity contribution >= 4 is 28.8 Å². The van der Waals surface area contributed by atoms with E-state index in [1.165, 1.54) is 11.8 Å². The van der Waals surface area contributed by atoms with Crippen LogP contribution >= 0.6 is 11.8 Å². The van der Waals surface area contributed by atoms with E-state index in [4.69, 9.17) is 4.74 Å². The molecule has 1 aliphatic carbocycles. The maximum absolute atomic E-state index is 12.2. The van der Waals surface area contributed by atoms with Crippen LogP contribution in [-0.2, 0) is 14.3 Å². The Morgan fingerprint density at radius 2 is 1.83 bits per heavy atom. The molecule has 1 aromatic rings. The molecule has 2 aliphatic rings. The summed E-state index contributed by atoms with van der Waals surface area (Å²) in [4.78, 5) is 36.2. The Morgan fingerprint density at radius 3 is 2.43 bits per heavy atom. The van der Waals surface area contributed by atoms with Crippen molar-refractivity contribution in [3.8, 4) is 0 Å². The van der Waals surface area contributed by atoms with Gasteiger partial charge in [0.05, 0.1) is 5.92 Å². The van der Waals surface area contributed by atoms with E-state index in [2.05, 4.69) is 5.32 Å². The van der Waals surface area contributed by atoms with Gasteiger partial charge in [0, 0.05) is 10.8 Å². The highest BCUT2D eigenvalue weighted by Crippen LogP contribution is 2.39. The van der Waals surface area contributed by atoms with Crippen molar-refractivity contribution in [3.05, 3.63) is 35.9 Å². The van der Waals surface area contributed by atoms with Crippen molar-refractivity contribution in [2.75, 3.05) is 6.54 Å². The van der Waals surface area contributed by atoms with Crippen LogP contribution in [-0.4, -0.2) is 34.9 Å². The predicted octanol–water partition coefficient (Wildman–Crippen LogP) is 2.16.